The first-order valence-electron chi connectivity index (χ1n) is 11.2. The maximum Gasteiger partial charge on any atom is 0.168 e. The van der Waals surface area contributed by atoms with Crippen LogP contribution in [-0.2, 0) is 10.3 Å². The number of rotatable bonds is 4. The summed E-state index contributed by atoms with van der Waals surface area (Å²) in [7, 11) is 0. The maximum atomic E-state index is 13.8. The molecule has 4 aromatic carbocycles. The van der Waals surface area contributed by atoms with Crippen LogP contribution < -0.4 is 5.01 Å². The molecule has 0 fully saturated rings. The Bertz CT molecular complexity index is 1360. The molecule has 6 rings (SSSR count). The van der Waals surface area contributed by atoms with Crippen LogP contribution in [0.15, 0.2) is 133 Å². The summed E-state index contributed by atoms with van der Waals surface area (Å²) >= 11 is 0. The van der Waals surface area contributed by atoms with Crippen LogP contribution in [-0.4, -0.2) is 11.5 Å². The average molecular weight is 427 g/mol. The molecule has 1 heterocycles. The lowest BCUT2D eigenvalue weighted by molar-refractivity contribution is -0.116. The molecule has 0 spiro atoms. The van der Waals surface area contributed by atoms with Gasteiger partial charge in [0.2, 0.25) is 0 Å². The minimum absolute atomic E-state index is 0.0822. The highest BCUT2D eigenvalue weighted by atomic mass is 16.1. The van der Waals surface area contributed by atoms with E-state index in [-0.39, 0.29) is 5.78 Å². The first kappa shape index (κ1) is 19.4. The van der Waals surface area contributed by atoms with Gasteiger partial charge in [-0.3, -0.25) is 4.79 Å². The summed E-state index contributed by atoms with van der Waals surface area (Å²) in [6, 6.07) is 40.7. The number of anilines is 1. The van der Waals surface area contributed by atoms with E-state index >= 15 is 0 Å². The third kappa shape index (κ3) is 2.90. The van der Waals surface area contributed by atoms with E-state index in [1.807, 2.05) is 91.0 Å². The number of para-hydroxylation sites is 1. The van der Waals surface area contributed by atoms with Gasteiger partial charge >= 0.3 is 0 Å². The zero-order valence-electron chi connectivity index (χ0n) is 18.0. The first-order valence-corrected chi connectivity index (χ1v) is 11.2. The van der Waals surface area contributed by atoms with Crippen LogP contribution in [0.4, 0.5) is 5.69 Å². The van der Waals surface area contributed by atoms with E-state index in [1.54, 1.807) is 0 Å². The molecule has 3 heteroatoms. The van der Waals surface area contributed by atoms with Crippen molar-refractivity contribution in [1.29, 1.82) is 0 Å². The van der Waals surface area contributed by atoms with Crippen LogP contribution in [0, 0.1) is 5.92 Å². The molecule has 0 radical (unpaired) electrons. The van der Waals surface area contributed by atoms with Crippen molar-refractivity contribution in [2.45, 2.75) is 5.54 Å². The molecule has 1 aliphatic heterocycles. The van der Waals surface area contributed by atoms with Gasteiger partial charge in [0.05, 0.1) is 11.4 Å². The quantitative estimate of drug-likeness (QED) is 0.396. The lowest BCUT2D eigenvalue weighted by Crippen LogP contribution is -2.46. The Labute approximate surface area is 193 Å². The molecular formula is C30H22N2O. The number of benzene rings is 4. The molecular weight excluding hydrogens is 404 g/mol. The van der Waals surface area contributed by atoms with E-state index in [1.165, 1.54) is 0 Å². The average Bonchev–Trinajstić information content (AvgIpc) is 3.41. The SMILES string of the molecule is O=C1C=C(c2ccccc2)C2(c3ccccc3)C1C(c1ccccc1)=NN2c1ccccc1. The molecule has 33 heavy (non-hydrogen) atoms. The molecule has 2 atom stereocenters. The normalized spacial score (nSPS) is 21.5. The van der Waals surface area contributed by atoms with Crippen molar-refractivity contribution in [3.8, 4) is 0 Å². The highest BCUT2D eigenvalue weighted by Crippen LogP contribution is 2.57. The van der Waals surface area contributed by atoms with Gasteiger partial charge in [0.1, 0.15) is 11.5 Å². The van der Waals surface area contributed by atoms with Crippen molar-refractivity contribution in [3.63, 3.8) is 0 Å². The summed E-state index contributed by atoms with van der Waals surface area (Å²) in [5.74, 6) is -0.364. The fourth-order valence-electron chi connectivity index (χ4n) is 5.23. The maximum absolute atomic E-state index is 13.8. The zero-order valence-corrected chi connectivity index (χ0v) is 18.0. The van der Waals surface area contributed by atoms with E-state index in [9.17, 15) is 4.79 Å². The second-order valence-corrected chi connectivity index (χ2v) is 8.39. The van der Waals surface area contributed by atoms with Gasteiger partial charge in [0.15, 0.2) is 5.78 Å². The molecule has 0 saturated heterocycles. The predicted molar refractivity (Wildman–Crippen MR) is 133 cm³/mol. The second-order valence-electron chi connectivity index (χ2n) is 8.39. The number of hydrogen-bond acceptors (Lipinski definition) is 3. The number of hydrazone groups is 1. The van der Waals surface area contributed by atoms with Gasteiger partial charge in [0.25, 0.3) is 0 Å². The van der Waals surface area contributed by atoms with E-state index in [0.29, 0.717) is 0 Å². The van der Waals surface area contributed by atoms with Crippen LogP contribution >= 0.6 is 0 Å². The van der Waals surface area contributed by atoms with Gasteiger partial charge in [-0.1, -0.05) is 109 Å². The molecule has 158 valence electrons. The standard InChI is InChI=1S/C30H22N2O/c33-27-21-26(22-13-5-1-6-14-22)30(24-17-9-3-10-18-24)28(27)29(23-15-7-2-8-16-23)31-32(30)25-19-11-4-12-20-25/h1-21,28H. The van der Waals surface area contributed by atoms with Crippen molar-refractivity contribution in [2.24, 2.45) is 11.0 Å². The lowest BCUT2D eigenvalue weighted by atomic mass is 9.71. The first-order chi connectivity index (χ1) is 16.3. The number of carbonyl (C=O) groups excluding carboxylic acids is 1. The summed E-state index contributed by atoms with van der Waals surface area (Å²) in [5.41, 5.74) is 5.01. The Kier molecular flexibility index (Phi) is 4.55. The van der Waals surface area contributed by atoms with Crippen LogP contribution in [0.25, 0.3) is 5.57 Å². The summed E-state index contributed by atoms with van der Waals surface area (Å²) in [6.07, 6.45) is 1.83. The zero-order chi connectivity index (χ0) is 22.3. The number of ketones is 1. The third-order valence-electron chi connectivity index (χ3n) is 6.58. The predicted octanol–water partition coefficient (Wildman–Crippen LogP) is 6.09. The largest absolute Gasteiger partial charge is 0.294 e. The van der Waals surface area contributed by atoms with Crippen molar-refractivity contribution in [1.82, 2.24) is 0 Å². The van der Waals surface area contributed by atoms with Crippen LogP contribution in [0.5, 0.6) is 0 Å². The monoisotopic (exact) mass is 426 g/mol. The Morgan fingerprint density at radius 1 is 0.636 bits per heavy atom. The smallest absolute Gasteiger partial charge is 0.168 e. The summed E-state index contributed by atoms with van der Waals surface area (Å²) in [5, 5.41) is 7.24. The summed E-state index contributed by atoms with van der Waals surface area (Å²) in [6.45, 7) is 0. The van der Waals surface area contributed by atoms with Crippen molar-refractivity contribution in [3.05, 3.63) is 144 Å². The number of fused-ring (bicyclic) bond motifs is 1. The molecule has 0 saturated carbocycles. The summed E-state index contributed by atoms with van der Waals surface area (Å²) in [4.78, 5) is 13.8. The Morgan fingerprint density at radius 2 is 1.15 bits per heavy atom. The van der Waals surface area contributed by atoms with Gasteiger partial charge in [0, 0.05) is 0 Å². The molecule has 0 N–H and O–H groups in total. The number of nitrogens with zero attached hydrogens (tertiary/aromatic N) is 2. The second kappa shape index (κ2) is 7.72. The molecule has 0 amide bonds. The van der Waals surface area contributed by atoms with Crippen LogP contribution in [0.3, 0.4) is 0 Å². The van der Waals surface area contributed by atoms with Crippen molar-refractivity contribution in [2.75, 3.05) is 5.01 Å². The minimum atomic E-state index is -0.772. The number of hydrogen-bond donors (Lipinski definition) is 0. The molecule has 0 aromatic heterocycles. The lowest BCUT2D eigenvalue weighted by Gasteiger charge is -2.40. The van der Waals surface area contributed by atoms with Gasteiger partial charge in [-0.05, 0) is 40.5 Å². The van der Waals surface area contributed by atoms with E-state index < -0.39 is 11.5 Å². The van der Waals surface area contributed by atoms with E-state index in [2.05, 4.69) is 41.4 Å². The molecule has 1 aliphatic carbocycles. The summed E-state index contributed by atoms with van der Waals surface area (Å²) < 4.78 is 0. The van der Waals surface area contributed by atoms with Crippen molar-refractivity contribution < 1.29 is 4.79 Å². The Hall–Kier alpha value is -4.24. The topological polar surface area (TPSA) is 32.7 Å². The van der Waals surface area contributed by atoms with Crippen LogP contribution in [0.1, 0.15) is 16.7 Å². The fraction of sp³-hybridized carbons (Fsp3) is 0.0667. The van der Waals surface area contributed by atoms with Crippen molar-refractivity contribution >= 4 is 22.8 Å². The Morgan fingerprint density at radius 3 is 1.76 bits per heavy atom. The highest BCUT2D eigenvalue weighted by molar-refractivity contribution is 6.26. The number of allylic oxidation sites excluding steroid dienone is 1. The van der Waals surface area contributed by atoms with Crippen LogP contribution in [0.2, 0.25) is 0 Å². The molecule has 3 nitrogen and oxygen atoms in total. The fourth-order valence-corrected chi connectivity index (χ4v) is 5.23. The van der Waals surface area contributed by atoms with Gasteiger partial charge in [-0.2, -0.15) is 5.10 Å². The van der Waals surface area contributed by atoms with E-state index in [0.717, 1.165) is 33.7 Å². The van der Waals surface area contributed by atoms with Gasteiger partial charge < -0.3 is 0 Å². The van der Waals surface area contributed by atoms with Gasteiger partial charge in [-0.15, -0.1) is 0 Å². The van der Waals surface area contributed by atoms with Gasteiger partial charge in [-0.25, -0.2) is 5.01 Å². The minimum Gasteiger partial charge on any atom is -0.294 e. The Balaban J connectivity index is 1.68. The molecule has 0 bridgehead atoms. The third-order valence-corrected chi connectivity index (χ3v) is 6.58. The molecule has 2 unspecified atom stereocenters. The van der Waals surface area contributed by atoms with E-state index in [4.69, 9.17) is 5.10 Å². The molecule has 2 aliphatic rings. The molecule has 4 aromatic rings. The number of carbonyl (C=O) groups is 1. The highest BCUT2D eigenvalue weighted by Gasteiger charge is 2.61.